The van der Waals surface area contributed by atoms with Crippen molar-refractivity contribution in [1.82, 2.24) is 20.2 Å². The number of hydrogen-bond donors (Lipinski definition) is 0. The highest BCUT2D eigenvalue weighted by Gasteiger charge is 2.13. The van der Waals surface area contributed by atoms with Crippen LogP contribution in [0.2, 0.25) is 5.02 Å². The van der Waals surface area contributed by atoms with Crippen LogP contribution >= 0.6 is 11.6 Å². The van der Waals surface area contributed by atoms with E-state index in [0.29, 0.717) is 16.5 Å². The Labute approximate surface area is 113 Å². The summed E-state index contributed by atoms with van der Waals surface area (Å²) in [6.07, 6.45) is 0. The Morgan fingerprint density at radius 2 is 1.74 bits per heavy atom. The van der Waals surface area contributed by atoms with Crippen LogP contribution < -0.4 is 0 Å². The van der Waals surface area contributed by atoms with E-state index in [2.05, 4.69) is 15.5 Å². The summed E-state index contributed by atoms with van der Waals surface area (Å²) in [5, 5.41) is 12.1. The second-order valence-corrected chi connectivity index (χ2v) is 4.28. The molecule has 0 unspecified atom stereocenters. The summed E-state index contributed by atoms with van der Waals surface area (Å²) in [5.74, 6) is 0.202. The van der Waals surface area contributed by atoms with E-state index in [0.717, 1.165) is 5.56 Å². The molecule has 0 saturated carbocycles. The smallest absolute Gasteiger partial charge is 0.188 e. The summed E-state index contributed by atoms with van der Waals surface area (Å²) < 4.78 is 14.4. The van der Waals surface area contributed by atoms with Crippen molar-refractivity contribution in [2.75, 3.05) is 0 Å². The lowest BCUT2D eigenvalue weighted by Gasteiger charge is -2.05. The van der Waals surface area contributed by atoms with Crippen molar-refractivity contribution in [2.45, 2.75) is 0 Å². The molecule has 94 valence electrons. The van der Waals surface area contributed by atoms with Gasteiger partial charge >= 0.3 is 0 Å². The van der Waals surface area contributed by atoms with Crippen LogP contribution in [0.25, 0.3) is 17.1 Å². The maximum absolute atomic E-state index is 12.9. The van der Waals surface area contributed by atoms with Gasteiger partial charge in [0.15, 0.2) is 5.82 Å². The Bertz CT molecular complexity index is 709. The zero-order chi connectivity index (χ0) is 13.2. The molecule has 0 spiro atoms. The molecule has 0 aliphatic heterocycles. The first-order chi connectivity index (χ1) is 9.25. The molecule has 6 heteroatoms. The number of tetrazole rings is 1. The van der Waals surface area contributed by atoms with Crippen molar-refractivity contribution in [3.63, 3.8) is 0 Å². The van der Waals surface area contributed by atoms with Gasteiger partial charge < -0.3 is 0 Å². The molecular weight excluding hydrogens is 267 g/mol. The topological polar surface area (TPSA) is 43.6 Å². The summed E-state index contributed by atoms with van der Waals surface area (Å²) in [6.45, 7) is 0. The van der Waals surface area contributed by atoms with Gasteiger partial charge in [-0.2, -0.15) is 4.68 Å². The molecule has 3 aromatic rings. The highest BCUT2D eigenvalue weighted by Crippen LogP contribution is 2.26. The highest BCUT2D eigenvalue weighted by atomic mass is 35.5. The molecule has 1 heterocycles. The van der Waals surface area contributed by atoms with Gasteiger partial charge in [-0.05, 0) is 46.8 Å². The highest BCUT2D eigenvalue weighted by molar-refractivity contribution is 6.33. The van der Waals surface area contributed by atoms with Gasteiger partial charge in [-0.1, -0.05) is 23.7 Å². The van der Waals surface area contributed by atoms with Crippen LogP contribution in [0.15, 0.2) is 48.5 Å². The third kappa shape index (κ3) is 2.20. The Morgan fingerprint density at radius 3 is 2.47 bits per heavy atom. The fourth-order valence-electron chi connectivity index (χ4n) is 1.75. The first kappa shape index (κ1) is 11.8. The van der Waals surface area contributed by atoms with Crippen molar-refractivity contribution >= 4 is 11.6 Å². The van der Waals surface area contributed by atoms with E-state index in [-0.39, 0.29) is 5.82 Å². The van der Waals surface area contributed by atoms with Gasteiger partial charge in [-0.25, -0.2) is 4.39 Å². The maximum atomic E-state index is 12.9. The van der Waals surface area contributed by atoms with E-state index in [1.54, 1.807) is 18.2 Å². The number of benzene rings is 2. The molecule has 0 fully saturated rings. The average molecular weight is 275 g/mol. The lowest BCUT2D eigenvalue weighted by Crippen LogP contribution is -2.00. The minimum absolute atomic E-state index is 0.309. The molecule has 0 amide bonds. The molecule has 0 aliphatic carbocycles. The average Bonchev–Trinajstić information content (AvgIpc) is 2.89. The first-order valence-electron chi connectivity index (χ1n) is 5.55. The van der Waals surface area contributed by atoms with Gasteiger partial charge in [0, 0.05) is 5.56 Å². The molecule has 3 rings (SSSR count). The Morgan fingerprint density at radius 1 is 1.00 bits per heavy atom. The van der Waals surface area contributed by atoms with Crippen molar-refractivity contribution in [3.8, 4) is 17.1 Å². The van der Waals surface area contributed by atoms with Crippen molar-refractivity contribution < 1.29 is 4.39 Å². The van der Waals surface area contributed by atoms with Gasteiger partial charge in [-0.15, -0.1) is 5.10 Å². The standard InChI is InChI=1S/C13H8ClFN4/c14-12-4-2-1-3-11(12)13-16-17-18-19(13)10-7-5-9(15)6-8-10/h1-8H. The number of aromatic nitrogens is 4. The quantitative estimate of drug-likeness (QED) is 0.721. The van der Waals surface area contributed by atoms with Gasteiger partial charge in [0.05, 0.1) is 10.7 Å². The molecule has 1 aromatic heterocycles. The van der Waals surface area contributed by atoms with E-state index in [1.807, 2.05) is 18.2 Å². The van der Waals surface area contributed by atoms with Crippen LogP contribution in [-0.4, -0.2) is 20.2 Å². The second-order valence-electron chi connectivity index (χ2n) is 3.87. The third-order valence-corrected chi connectivity index (χ3v) is 2.99. The Hall–Kier alpha value is -2.27. The van der Waals surface area contributed by atoms with Gasteiger partial charge in [-0.3, -0.25) is 0 Å². The molecule has 19 heavy (non-hydrogen) atoms. The van der Waals surface area contributed by atoms with Crippen LogP contribution in [0.5, 0.6) is 0 Å². The molecule has 0 N–H and O–H groups in total. The van der Waals surface area contributed by atoms with Crippen LogP contribution in [-0.2, 0) is 0 Å². The number of rotatable bonds is 2. The predicted octanol–water partition coefficient (Wildman–Crippen LogP) is 3.12. The lowest BCUT2D eigenvalue weighted by atomic mass is 10.2. The largest absolute Gasteiger partial charge is 0.207 e. The Kier molecular flexibility index (Phi) is 2.97. The number of hydrogen-bond acceptors (Lipinski definition) is 3. The van der Waals surface area contributed by atoms with Crippen LogP contribution in [0.3, 0.4) is 0 Å². The molecule has 0 saturated heterocycles. The lowest BCUT2D eigenvalue weighted by molar-refractivity contribution is 0.627. The summed E-state index contributed by atoms with van der Waals surface area (Å²) >= 11 is 6.13. The summed E-state index contributed by atoms with van der Waals surface area (Å²) in [7, 11) is 0. The van der Waals surface area contributed by atoms with E-state index in [1.165, 1.54) is 16.8 Å². The van der Waals surface area contributed by atoms with Crippen molar-refractivity contribution in [2.24, 2.45) is 0 Å². The first-order valence-corrected chi connectivity index (χ1v) is 5.93. The molecule has 0 radical (unpaired) electrons. The normalized spacial score (nSPS) is 10.6. The van der Waals surface area contributed by atoms with E-state index in [9.17, 15) is 4.39 Å². The molecule has 0 aliphatic rings. The fourth-order valence-corrected chi connectivity index (χ4v) is 1.97. The van der Waals surface area contributed by atoms with Crippen molar-refractivity contribution in [3.05, 3.63) is 59.4 Å². The summed E-state index contributed by atoms with van der Waals surface area (Å²) in [6, 6.07) is 13.2. The van der Waals surface area contributed by atoms with E-state index < -0.39 is 0 Å². The zero-order valence-corrected chi connectivity index (χ0v) is 10.4. The Balaban J connectivity index is 2.13. The molecule has 0 bridgehead atoms. The van der Waals surface area contributed by atoms with Gasteiger partial charge in [0.25, 0.3) is 0 Å². The van der Waals surface area contributed by atoms with E-state index in [4.69, 9.17) is 11.6 Å². The zero-order valence-electron chi connectivity index (χ0n) is 9.66. The monoisotopic (exact) mass is 274 g/mol. The fraction of sp³-hybridized carbons (Fsp3) is 0. The summed E-state index contributed by atoms with van der Waals surface area (Å²) in [4.78, 5) is 0. The maximum Gasteiger partial charge on any atom is 0.188 e. The van der Waals surface area contributed by atoms with Gasteiger partial charge in [0.1, 0.15) is 5.82 Å². The van der Waals surface area contributed by atoms with Crippen molar-refractivity contribution in [1.29, 1.82) is 0 Å². The molecule has 4 nitrogen and oxygen atoms in total. The van der Waals surface area contributed by atoms with Crippen LogP contribution in [0.1, 0.15) is 0 Å². The summed E-state index contributed by atoms with van der Waals surface area (Å²) in [5.41, 5.74) is 1.39. The predicted molar refractivity (Wildman–Crippen MR) is 69.6 cm³/mol. The van der Waals surface area contributed by atoms with Crippen LogP contribution in [0.4, 0.5) is 4.39 Å². The SMILES string of the molecule is Fc1ccc(-n2nnnc2-c2ccccc2Cl)cc1. The number of nitrogens with zero attached hydrogens (tertiary/aromatic N) is 4. The number of halogens is 2. The minimum Gasteiger partial charge on any atom is -0.207 e. The molecule has 0 atom stereocenters. The van der Waals surface area contributed by atoms with Crippen LogP contribution in [0, 0.1) is 5.82 Å². The minimum atomic E-state index is -0.309. The van der Waals surface area contributed by atoms with E-state index >= 15 is 0 Å². The third-order valence-electron chi connectivity index (χ3n) is 2.66. The molecular formula is C13H8ClFN4. The van der Waals surface area contributed by atoms with Gasteiger partial charge in [0.2, 0.25) is 0 Å². The molecule has 2 aromatic carbocycles. The second kappa shape index (κ2) is 4.78.